The number of rotatable bonds is 2. The maximum Gasteiger partial charge on any atom is 0.134 e. The predicted octanol–water partition coefficient (Wildman–Crippen LogP) is 3.73. The number of hydrogen-bond donors (Lipinski definition) is 1. The molecule has 19 heavy (non-hydrogen) atoms. The highest BCUT2D eigenvalue weighted by Gasteiger charge is 2.34. The van der Waals surface area contributed by atoms with E-state index in [-0.39, 0.29) is 12.2 Å². The molecule has 2 atom stereocenters. The van der Waals surface area contributed by atoms with Crippen molar-refractivity contribution in [2.24, 2.45) is 11.8 Å². The summed E-state index contributed by atoms with van der Waals surface area (Å²) in [5, 5.41) is 10.6. The molecule has 1 N–H and O–H groups in total. The molecule has 0 aromatic heterocycles. The van der Waals surface area contributed by atoms with Crippen LogP contribution in [0.15, 0.2) is 29.2 Å². The van der Waals surface area contributed by atoms with Gasteiger partial charge in [-0.25, -0.2) is 0 Å². The molecule has 3 heteroatoms. The fourth-order valence-corrected chi connectivity index (χ4v) is 4.18. The van der Waals surface area contributed by atoms with E-state index in [1.165, 1.54) is 17.7 Å². The van der Waals surface area contributed by atoms with Crippen LogP contribution in [-0.2, 0) is 0 Å². The number of hydrogen-bond acceptors (Lipinski definition) is 3. The molecule has 3 rings (SSSR count). The van der Waals surface area contributed by atoms with Crippen molar-refractivity contribution in [1.82, 2.24) is 0 Å². The lowest BCUT2D eigenvalue weighted by Crippen LogP contribution is -2.42. The molecule has 1 fully saturated rings. The molecular formula is C16H22O2S. The summed E-state index contributed by atoms with van der Waals surface area (Å²) < 4.78 is 6.00. The lowest BCUT2D eigenvalue weighted by Gasteiger charge is -2.36. The second kappa shape index (κ2) is 5.76. The van der Waals surface area contributed by atoms with Gasteiger partial charge in [-0.3, -0.25) is 0 Å². The van der Waals surface area contributed by atoms with Gasteiger partial charge in [-0.1, -0.05) is 31.9 Å². The van der Waals surface area contributed by atoms with Crippen LogP contribution in [0.3, 0.4) is 0 Å². The van der Waals surface area contributed by atoms with Crippen molar-refractivity contribution < 1.29 is 9.84 Å². The van der Waals surface area contributed by atoms with E-state index in [2.05, 4.69) is 13.0 Å². The van der Waals surface area contributed by atoms with Crippen molar-refractivity contribution in [3.05, 3.63) is 24.3 Å². The quantitative estimate of drug-likeness (QED) is 0.894. The van der Waals surface area contributed by atoms with Crippen LogP contribution in [0, 0.1) is 11.8 Å². The van der Waals surface area contributed by atoms with E-state index in [0.717, 1.165) is 30.3 Å². The molecule has 1 aliphatic heterocycles. The van der Waals surface area contributed by atoms with E-state index in [1.807, 2.05) is 18.2 Å². The van der Waals surface area contributed by atoms with Crippen molar-refractivity contribution in [1.29, 1.82) is 0 Å². The number of benzene rings is 1. The Kier molecular flexibility index (Phi) is 4.04. The van der Waals surface area contributed by atoms with Crippen LogP contribution in [0.4, 0.5) is 0 Å². The molecule has 2 nitrogen and oxygen atoms in total. The minimum atomic E-state index is -0.312. The maximum atomic E-state index is 10.6. The zero-order valence-corrected chi connectivity index (χ0v) is 12.2. The topological polar surface area (TPSA) is 29.5 Å². The van der Waals surface area contributed by atoms with E-state index in [4.69, 9.17) is 4.74 Å². The highest BCUT2D eigenvalue weighted by Crippen LogP contribution is 2.39. The summed E-state index contributed by atoms with van der Waals surface area (Å²) in [7, 11) is 0. The summed E-state index contributed by atoms with van der Waals surface area (Å²) in [5.41, 5.74) is 0. The number of aliphatic hydroxyl groups is 1. The zero-order chi connectivity index (χ0) is 13.2. The molecule has 2 unspecified atom stereocenters. The largest absolute Gasteiger partial charge is 0.486 e. The third kappa shape index (κ3) is 2.92. The van der Waals surface area contributed by atoms with Crippen LogP contribution in [0.2, 0.25) is 0 Å². The summed E-state index contributed by atoms with van der Waals surface area (Å²) in [4.78, 5) is 1.20. The van der Waals surface area contributed by atoms with Gasteiger partial charge in [0.15, 0.2) is 0 Å². The number of aliphatic hydroxyl groups excluding tert-OH is 1. The van der Waals surface area contributed by atoms with Crippen molar-refractivity contribution >= 4 is 11.8 Å². The van der Waals surface area contributed by atoms with E-state index in [0.29, 0.717) is 5.92 Å². The second-order valence-electron chi connectivity index (χ2n) is 5.92. The van der Waals surface area contributed by atoms with E-state index < -0.39 is 0 Å². The summed E-state index contributed by atoms with van der Waals surface area (Å²) in [6.45, 7) is 2.31. The van der Waals surface area contributed by atoms with Crippen LogP contribution >= 0.6 is 11.8 Å². The Morgan fingerprint density at radius 3 is 2.74 bits per heavy atom. The molecule has 0 radical (unpaired) electrons. The Labute approximate surface area is 119 Å². The third-order valence-corrected chi connectivity index (χ3v) is 5.60. The summed E-state index contributed by atoms with van der Waals surface area (Å²) >= 11 is 1.80. The zero-order valence-electron chi connectivity index (χ0n) is 11.4. The lowest BCUT2D eigenvalue weighted by molar-refractivity contribution is -0.00939. The number of thioether (sulfide) groups is 1. The molecular weight excluding hydrogens is 256 g/mol. The van der Waals surface area contributed by atoms with Gasteiger partial charge in [-0.05, 0) is 36.8 Å². The molecule has 1 aliphatic carbocycles. The van der Waals surface area contributed by atoms with Crippen LogP contribution < -0.4 is 4.74 Å². The van der Waals surface area contributed by atoms with E-state index >= 15 is 0 Å². The molecule has 1 heterocycles. The standard InChI is InChI=1S/C16H22O2S/c1-11-6-8-12(9-7-11)16(17)14-10-19-15-5-3-2-4-13(15)18-14/h2-5,11-12,14,16-17H,6-10H2,1H3. The molecule has 2 aliphatic rings. The second-order valence-corrected chi connectivity index (χ2v) is 6.99. The fraction of sp³-hybridized carbons (Fsp3) is 0.625. The summed E-state index contributed by atoms with van der Waals surface area (Å²) in [5.74, 6) is 3.05. The van der Waals surface area contributed by atoms with Gasteiger partial charge in [0.1, 0.15) is 11.9 Å². The smallest absolute Gasteiger partial charge is 0.134 e. The monoisotopic (exact) mass is 278 g/mol. The van der Waals surface area contributed by atoms with Crippen molar-refractivity contribution in [3.8, 4) is 5.75 Å². The van der Waals surface area contributed by atoms with Crippen LogP contribution in [-0.4, -0.2) is 23.1 Å². The lowest BCUT2D eigenvalue weighted by atomic mass is 9.79. The molecule has 0 spiro atoms. The summed E-state index contributed by atoms with van der Waals surface area (Å²) in [6.07, 6.45) is 4.44. The average molecular weight is 278 g/mol. The number of fused-ring (bicyclic) bond motifs is 1. The Hall–Kier alpha value is -0.670. The third-order valence-electron chi connectivity index (χ3n) is 4.46. The minimum absolute atomic E-state index is 0.0432. The first-order valence-corrected chi connectivity index (χ1v) is 8.29. The van der Waals surface area contributed by atoms with Crippen LogP contribution in [0.25, 0.3) is 0 Å². The molecule has 1 aromatic carbocycles. The first-order valence-electron chi connectivity index (χ1n) is 7.30. The number of para-hydroxylation sites is 1. The SMILES string of the molecule is CC1CCC(C(O)C2CSc3ccccc3O2)CC1. The van der Waals surface area contributed by atoms with Gasteiger partial charge in [0.25, 0.3) is 0 Å². The van der Waals surface area contributed by atoms with E-state index in [1.54, 1.807) is 11.8 Å². The Balaban J connectivity index is 1.64. The fourth-order valence-electron chi connectivity index (χ4n) is 3.14. The molecule has 104 valence electrons. The molecule has 0 saturated heterocycles. The first kappa shape index (κ1) is 13.3. The first-order chi connectivity index (χ1) is 9.24. The van der Waals surface area contributed by atoms with E-state index in [9.17, 15) is 5.11 Å². The minimum Gasteiger partial charge on any atom is -0.486 e. The molecule has 1 aromatic rings. The average Bonchev–Trinajstić information content (AvgIpc) is 2.47. The summed E-state index contributed by atoms with van der Waals surface area (Å²) in [6, 6.07) is 8.12. The van der Waals surface area contributed by atoms with Gasteiger partial charge in [-0.2, -0.15) is 0 Å². The Bertz CT molecular complexity index is 427. The predicted molar refractivity (Wildman–Crippen MR) is 78.7 cm³/mol. The van der Waals surface area contributed by atoms with Crippen molar-refractivity contribution in [2.75, 3.05) is 5.75 Å². The van der Waals surface area contributed by atoms with Crippen LogP contribution in [0.5, 0.6) is 5.75 Å². The molecule has 1 saturated carbocycles. The normalized spacial score (nSPS) is 32.2. The van der Waals surface area contributed by atoms with Gasteiger partial charge < -0.3 is 9.84 Å². The van der Waals surface area contributed by atoms with Gasteiger partial charge in [0.05, 0.1) is 6.10 Å². The van der Waals surface area contributed by atoms with Crippen molar-refractivity contribution in [2.45, 2.75) is 49.7 Å². The van der Waals surface area contributed by atoms with Crippen LogP contribution in [0.1, 0.15) is 32.6 Å². The van der Waals surface area contributed by atoms with Gasteiger partial charge in [0, 0.05) is 10.6 Å². The Morgan fingerprint density at radius 1 is 1.21 bits per heavy atom. The highest BCUT2D eigenvalue weighted by atomic mass is 32.2. The number of ether oxygens (including phenoxy) is 1. The van der Waals surface area contributed by atoms with Gasteiger partial charge >= 0.3 is 0 Å². The van der Waals surface area contributed by atoms with Gasteiger partial charge in [0.2, 0.25) is 0 Å². The molecule has 0 amide bonds. The Morgan fingerprint density at radius 2 is 1.95 bits per heavy atom. The highest BCUT2D eigenvalue weighted by molar-refractivity contribution is 7.99. The molecule has 0 bridgehead atoms. The van der Waals surface area contributed by atoms with Gasteiger partial charge in [-0.15, -0.1) is 11.8 Å². The maximum absolute atomic E-state index is 10.6. The van der Waals surface area contributed by atoms with Crippen molar-refractivity contribution in [3.63, 3.8) is 0 Å².